The minimum Gasteiger partial charge on any atom is -0.353 e. The van der Waals surface area contributed by atoms with Crippen molar-refractivity contribution >= 4 is 29.4 Å². The van der Waals surface area contributed by atoms with Crippen LogP contribution in [0.1, 0.15) is 13.8 Å². The Kier molecular flexibility index (Phi) is 4.44. The van der Waals surface area contributed by atoms with E-state index in [1.807, 2.05) is 13.8 Å². The van der Waals surface area contributed by atoms with E-state index in [1.165, 1.54) is 11.1 Å². The van der Waals surface area contributed by atoms with Crippen molar-refractivity contribution in [2.45, 2.75) is 19.9 Å². The Morgan fingerprint density at radius 3 is 3.00 bits per heavy atom. The molecule has 1 aliphatic rings. The Morgan fingerprint density at radius 1 is 1.60 bits per heavy atom. The normalized spacial score (nSPS) is 18.9. The molecule has 0 aliphatic carbocycles. The topological polar surface area (TPSA) is 74.3 Å². The second-order valence-electron chi connectivity index (χ2n) is 4.96. The van der Waals surface area contributed by atoms with Crippen LogP contribution in [0.4, 0.5) is 10.6 Å². The summed E-state index contributed by atoms with van der Waals surface area (Å²) in [6, 6.07) is 2.38. The number of aromatic nitrogens is 1. The van der Waals surface area contributed by atoms with Crippen LogP contribution in [0.25, 0.3) is 0 Å². The Bertz CT molecular complexity index is 521. The maximum Gasteiger partial charge on any atom is 0.323 e. The van der Waals surface area contributed by atoms with Crippen molar-refractivity contribution in [3.63, 3.8) is 0 Å². The molecule has 1 aromatic heterocycles. The van der Waals surface area contributed by atoms with Gasteiger partial charge in [-0.1, -0.05) is 25.4 Å². The molecule has 1 unspecified atom stereocenters. The third-order valence-corrected chi connectivity index (χ3v) is 3.34. The van der Waals surface area contributed by atoms with E-state index in [4.69, 9.17) is 11.6 Å². The first-order chi connectivity index (χ1) is 9.49. The lowest BCUT2D eigenvalue weighted by molar-refractivity contribution is -0.129. The van der Waals surface area contributed by atoms with Gasteiger partial charge in [0.25, 0.3) is 0 Å². The molecule has 0 saturated carbocycles. The smallest absolute Gasteiger partial charge is 0.323 e. The number of hydrogen-bond donors (Lipinski definition) is 2. The molecule has 108 valence electrons. The molecule has 1 aliphatic heterocycles. The Hall–Kier alpha value is -1.82. The molecule has 0 spiro atoms. The van der Waals surface area contributed by atoms with Gasteiger partial charge in [0, 0.05) is 24.3 Å². The van der Waals surface area contributed by atoms with Crippen LogP contribution in [-0.4, -0.2) is 41.0 Å². The van der Waals surface area contributed by atoms with Crippen LogP contribution >= 0.6 is 11.6 Å². The average Bonchev–Trinajstić information content (AvgIpc) is 2.37. The maximum atomic E-state index is 12.3. The lowest BCUT2D eigenvalue weighted by Crippen LogP contribution is -2.60. The predicted molar refractivity (Wildman–Crippen MR) is 76.6 cm³/mol. The minimum atomic E-state index is -0.470. The SMILES string of the molecule is CC(C)C1C(=O)NCCN1C(=O)Nc1cc(Cl)ccn1. The average molecular weight is 297 g/mol. The zero-order valence-corrected chi connectivity index (χ0v) is 12.1. The van der Waals surface area contributed by atoms with Crippen molar-refractivity contribution in [2.24, 2.45) is 5.92 Å². The largest absolute Gasteiger partial charge is 0.353 e. The number of amides is 3. The van der Waals surface area contributed by atoms with Crippen LogP contribution in [0.2, 0.25) is 5.02 Å². The molecule has 1 fully saturated rings. The summed E-state index contributed by atoms with van der Waals surface area (Å²) in [5.41, 5.74) is 0. The number of nitrogens with zero attached hydrogens (tertiary/aromatic N) is 2. The fourth-order valence-electron chi connectivity index (χ4n) is 2.23. The summed E-state index contributed by atoms with van der Waals surface area (Å²) in [4.78, 5) is 29.7. The Morgan fingerprint density at radius 2 is 2.35 bits per heavy atom. The number of piperazine rings is 1. The number of pyridine rings is 1. The third kappa shape index (κ3) is 3.19. The zero-order chi connectivity index (χ0) is 14.7. The second kappa shape index (κ2) is 6.09. The molecule has 2 N–H and O–H groups in total. The van der Waals surface area contributed by atoms with Gasteiger partial charge in [0.2, 0.25) is 5.91 Å². The summed E-state index contributed by atoms with van der Waals surface area (Å²) in [7, 11) is 0. The van der Waals surface area contributed by atoms with E-state index >= 15 is 0 Å². The summed E-state index contributed by atoms with van der Waals surface area (Å²) in [6.07, 6.45) is 1.51. The predicted octanol–water partition coefficient (Wildman–Crippen LogP) is 1.72. The van der Waals surface area contributed by atoms with Crippen molar-refractivity contribution in [3.05, 3.63) is 23.4 Å². The number of carbonyl (C=O) groups is 2. The molecule has 1 saturated heterocycles. The first-order valence-electron chi connectivity index (χ1n) is 6.46. The number of halogens is 1. The maximum absolute atomic E-state index is 12.3. The molecular weight excluding hydrogens is 280 g/mol. The summed E-state index contributed by atoms with van der Waals surface area (Å²) in [6.45, 7) is 4.75. The van der Waals surface area contributed by atoms with E-state index in [0.717, 1.165) is 0 Å². The van der Waals surface area contributed by atoms with E-state index < -0.39 is 6.04 Å². The molecule has 0 bridgehead atoms. The quantitative estimate of drug-likeness (QED) is 0.873. The molecule has 7 heteroatoms. The molecule has 0 aromatic carbocycles. The highest BCUT2D eigenvalue weighted by atomic mass is 35.5. The van der Waals surface area contributed by atoms with Crippen molar-refractivity contribution in [3.8, 4) is 0 Å². The van der Waals surface area contributed by atoms with Crippen LogP contribution in [0.3, 0.4) is 0 Å². The van der Waals surface area contributed by atoms with Crippen LogP contribution in [-0.2, 0) is 4.79 Å². The summed E-state index contributed by atoms with van der Waals surface area (Å²) < 4.78 is 0. The number of hydrogen-bond acceptors (Lipinski definition) is 3. The Balaban J connectivity index is 2.12. The molecule has 2 rings (SSSR count). The van der Waals surface area contributed by atoms with E-state index in [0.29, 0.717) is 23.9 Å². The standard InChI is InChI=1S/C13H17ClN4O2/c1-8(2)11-12(19)16-5-6-18(11)13(20)17-10-7-9(14)3-4-15-10/h3-4,7-8,11H,5-6H2,1-2H3,(H,16,19)(H,15,17,20). The minimum absolute atomic E-state index is 0.0355. The number of nitrogens with one attached hydrogen (secondary N) is 2. The van der Waals surface area contributed by atoms with Crippen molar-refractivity contribution < 1.29 is 9.59 Å². The number of carbonyl (C=O) groups excluding carboxylic acids is 2. The summed E-state index contributed by atoms with van der Waals surface area (Å²) in [5.74, 6) is 0.282. The Labute approximate surface area is 122 Å². The van der Waals surface area contributed by atoms with Crippen LogP contribution in [0.15, 0.2) is 18.3 Å². The van der Waals surface area contributed by atoms with Gasteiger partial charge >= 0.3 is 6.03 Å². The highest BCUT2D eigenvalue weighted by Crippen LogP contribution is 2.17. The first kappa shape index (κ1) is 14.6. The van der Waals surface area contributed by atoms with Gasteiger partial charge in [0.15, 0.2) is 0 Å². The van der Waals surface area contributed by atoms with Gasteiger partial charge in [-0.2, -0.15) is 0 Å². The number of urea groups is 1. The molecule has 1 aromatic rings. The lowest BCUT2D eigenvalue weighted by Gasteiger charge is -2.37. The monoisotopic (exact) mass is 296 g/mol. The van der Waals surface area contributed by atoms with Crippen LogP contribution < -0.4 is 10.6 Å². The lowest BCUT2D eigenvalue weighted by atomic mass is 10.00. The first-order valence-corrected chi connectivity index (χ1v) is 6.83. The van der Waals surface area contributed by atoms with E-state index in [-0.39, 0.29) is 17.9 Å². The summed E-state index contributed by atoms with van der Waals surface area (Å²) >= 11 is 5.85. The third-order valence-electron chi connectivity index (χ3n) is 3.11. The van der Waals surface area contributed by atoms with E-state index in [2.05, 4.69) is 15.6 Å². The molecule has 20 heavy (non-hydrogen) atoms. The molecule has 3 amide bonds. The molecular formula is C13H17ClN4O2. The van der Waals surface area contributed by atoms with Gasteiger partial charge in [-0.3, -0.25) is 10.1 Å². The number of anilines is 1. The van der Waals surface area contributed by atoms with Crippen LogP contribution in [0, 0.1) is 5.92 Å². The van der Waals surface area contributed by atoms with Crippen LogP contribution in [0.5, 0.6) is 0 Å². The second-order valence-corrected chi connectivity index (χ2v) is 5.40. The van der Waals surface area contributed by atoms with Gasteiger partial charge < -0.3 is 10.2 Å². The fourth-order valence-corrected chi connectivity index (χ4v) is 2.39. The van der Waals surface area contributed by atoms with Gasteiger partial charge in [-0.05, 0) is 18.1 Å². The molecule has 6 nitrogen and oxygen atoms in total. The van der Waals surface area contributed by atoms with Gasteiger partial charge in [0.1, 0.15) is 11.9 Å². The van der Waals surface area contributed by atoms with Crippen molar-refractivity contribution in [2.75, 3.05) is 18.4 Å². The van der Waals surface area contributed by atoms with E-state index in [9.17, 15) is 9.59 Å². The van der Waals surface area contributed by atoms with Gasteiger partial charge in [-0.15, -0.1) is 0 Å². The molecule has 2 heterocycles. The van der Waals surface area contributed by atoms with E-state index in [1.54, 1.807) is 12.1 Å². The van der Waals surface area contributed by atoms with Gasteiger partial charge in [-0.25, -0.2) is 9.78 Å². The highest BCUT2D eigenvalue weighted by Gasteiger charge is 2.35. The fraction of sp³-hybridized carbons (Fsp3) is 0.462. The highest BCUT2D eigenvalue weighted by molar-refractivity contribution is 6.30. The molecule has 0 radical (unpaired) electrons. The number of rotatable bonds is 2. The summed E-state index contributed by atoms with van der Waals surface area (Å²) in [5, 5.41) is 5.94. The molecule has 1 atom stereocenters. The van der Waals surface area contributed by atoms with Crippen molar-refractivity contribution in [1.29, 1.82) is 0 Å². The van der Waals surface area contributed by atoms with Gasteiger partial charge in [0.05, 0.1) is 0 Å². The zero-order valence-electron chi connectivity index (χ0n) is 11.4. The van der Waals surface area contributed by atoms with Crippen molar-refractivity contribution in [1.82, 2.24) is 15.2 Å².